The highest BCUT2D eigenvalue weighted by molar-refractivity contribution is 5.69. The summed E-state index contributed by atoms with van der Waals surface area (Å²) in [5.41, 5.74) is 2.41. The molecule has 0 N–H and O–H groups in total. The molecular formula is C22H28O. The van der Waals surface area contributed by atoms with Gasteiger partial charge in [-0.1, -0.05) is 93.6 Å². The Morgan fingerprint density at radius 2 is 1.30 bits per heavy atom. The Morgan fingerprint density at radius 3 is 2.00 bits per heavy atom. The zero-order valence-electron chi connectivity index (χ0n) is 14.2. The van der Waals surface area contributed by atoms with E-state index in [2.05, 4.69) is 67.6 Å². The first-order valence-electron chi connectivity index (χ1n) is 8.84. The van der Waals surface area contributed by atoms with E-state index in [0.29, 0.717) is 0 Å². The maximum absolute atomic E-state index is 5.81. The SMILES string of the molecule is CCCCCCCCOc1ccc(/C=C/c2ccccc2)cc1. The van der Waals surface area contributed by atoms with Gasteiger partial charge in [-0.15, -0.1) is 0 Å². The highest BCUT2D eigenvalue weighted by Gasteiger charge is 1.95. The molecule has 0 heterocycles. The Morgan fingerprint density at radius 1 is 0.696 bits per heavy atom. The molecule has 0 fully saturated rings. The Bertz CT molecular complexity index is 554. The molecule has 0 bridgehead atoms. The van der Waals surface area contributed by atoms with Crippen LogP contribution in [0.3, 0.4) is 0 Å². The molecule has 1 nitrogen and oxygen atoms in total. The first kappa shape index (κ1) is 17.3. The molecule has 1 heteroatoms. The van der Waals surface area contributed by atoms with Crippen molar-refractivity contribution in [1.82, 2.24) is 0 Å². The standard InChI is InChI=1S/C22H28O/c1-2-3-4-5-6-10-19-23-22-17-15-21(16-18-22)14-13-20-11-8-7-9-12-20/h7-9,11-18H,2-6,10,19H2,1H3/b14-13+. The average Bonchev–Trinajstić information content (AvgIpc) is 2.61. The quantitative estimate of drug-likeness (QED) is 0.355. The van der Waals surface area contributed by atoms with E-state index in [1.54, 1.807) is 0 Å². The second-order valence-electron chi connectivity index (χ2n) is 5.93. The lowest BCUT2D eigenvalue weighted by Crippen LogP contribution is -1.97. The van der Waals surface area contributed by atoms with Crippen LogP contribution in [0.4, 0.5) is 0 Å². The molecule has 2 rings (SSSR count). The molecule has 0 radical (unpaired) electrons. The summed E-state index contributed by atoms with van der Waals surface area (Å²) in [6.07, 6.45) is 12.1. The third kappa shape index (κ3) is 7.19. The van der Waals surface area contributed by atoms with Gasteiger partial charge in [-0.05, 0) is 29.7 Å². The zero-order valence-corrected chi connectivity index (χ0v) is 14.2. The summed E-state index contributed by atoms with van der Waals surface area (Å²) in [5, 5.41) is 0. The smallest absolute Gasteiger partial charge is 0.119 e. The van der Waals surface area contributed by atoms with Crippen LogP contribution in [-0.2, 0) is 0 Å². The van der Waals surface area contributed by atoms with Crippen molar-refractivity contribution in [2.75, 3.05) is 6.61 Å². The summed E-state index contributed by atoms with van der Waals surface area (Å²) in [6, 6.07) is 18.7. The van der Waals surface area contributed by atoms with E-state index < -0.39 is 0 Å². The van der Waals surface area contributed by atoms with E-state index in [0.717, 1.165) is 18.8 Å². The summed E-state index contributed by atoms with van der Waals surface area (Å²) in [6.45, 7) is 3.08. The minimum atomic E-state index is 0.825. The summed E-state index contributed by atoms with van der Waals surface area (Å²) in [4.78, 5) is 0. The zero-order chi connectivity index (χ0) is 16.2. The summed E-state index contributed by atoms with van der Waals surface area (Å²) < 4.78 is 5.81. The number of hydrogen-bond acceptors (Lipinski definition) is 1. The van der Waals surface area contributed by atoms with Crippen molar-refractivity contribution < 1.29 is 4.74 Å². The van der Waals surface area contributed by atoms with Crippen LogP contribution in [0.2, 0.25) is 0 Å². The van der Waals surface area contributed by atoms with E-state index in [1.165, 1.54) is 43.2 Å². The van der Waals surface area contributed by atoms with Crippen LogP contribution in [-0.4, -0.2) is 6.61 Å². The number of hydrogen-bond donors (Lipinski definition) is 0. The van der Waals surface area contributed by atoms with Gasteiger partial charge >= 0.3 is 0 Å². The minimum Gasteiger partial charge on any atom is -0.494 e. The van der Waals surface area contributed by atoms with Gasteiger partial charge in [-0.3, -0.25) is 0 Å². The minimum absolute atomic E-state index is 0.825. The first-order chi connectivity index (χ1) is 11.4. The molecule has 2 aromatic rings. The maximum Gasteiger partial charge on any atom is 0.119 e. The van der Waals surface area contributed by atoms with E-state index in [9.17, 15) is 0 Å². The molecule has 2 aromatic carbocycles. The van der Waals surface area contributed by atoms with Crippen LogP contribution in [0, 0.1) is 0 Å². The highest BCUT2D eigenvalue weighted by atomic mass is 16.5. The van der Waals surface area contributed by atoms with Crippen LogP contribution in [0.5, 0.6) is 5.75 Å². The molecule has 0 saturated carbocycles. The van der Waals surface area contributed by atoms with Gasteiger partial charge in [0.25, 0.3) is 0 Å². The third-order valence-electron chi connectivity index (χ3n) is 3.91. The van der Waals surface area contributed by atoms with Crippen LogP contribution in [0.1, 0.15) is 56.6 Å². The van der Waals surface area contributed by atoms with Crippen LogP contribution in [0.15, 0.2) is 54.6 Å². The largest absolute Gasteiger partial charge is 0.494 e. The molecular weight excluding hydrogens is 280 g/mol. The van der Waals surface area contributed by atoms with Crippen molar-refractivity contribution >= 4 is 12.2 Å². The van der Waals surface area contributed by atoms with E-state index in [1.807, 2.05) is 6.07 Å². The molecule has 0 aliphatic heterocycles. The molecule has 0 saturated heterocycles. The van der Waals surface area contributed by atoms with Crippen molar-refractivity contribution in [3.8, 4) is 5.75 Å². The van der Waals surface area contributed by atoms with Crippen molar-refractivity contribution in [3.63, 3.8) is 0 Å². The fourth-order valence-corrected chi connectivity index (χ4v) is 2.50. The van der Waals surface area contributed by atoms with Crippen LogP contribution < -0.4 is 4.74 Å². The number of ether oxygens (including phenoxy) is 1. The molecule has 0 spiro atoms. The molecule has 0 aliphatic rings. The second-order valence-corrected chi connectivity index (χ2v) is 5.93. The van der Waals surface area contributed by atoms with Crippen LogP contribution in [0.25, 0.3) is 12.2 Å². The normalized spacial score (nSPS) is 11.0. The Kier molecular flexibility index (Phi) is 8.04. The summed E-state index contributed by atoms with van der Waals surface area (Å²) in [5.74, 6) is 0.968. The van der Waals surface area contributed by atoms with Gasteiger partial charge in [-0.25, -0.2) is 0 Å². The van der Waals surface area contributed by atoms with Crippen molar-refractivity contribution in [2.45, 2.75) is 45.4 Å². The number of benzene rings is 2. The topological polar surface area (TPSA) is 9.23 Å². The van der Waals surface area contributed by atoms with Gasteiger partial charge in [0.05, 0.1) is 6.61 Å². The van der Waals surface area contributed by atoms with Gasteiger partial charge < -0.3 is 4.74 Å². The first-order valence-corrected chi connectivity index (χ1v) is 8.84. The predicted octanol–water partition coefficient (Wildman–Crippen LogP) is 6.60. The lowest BCUT2D eigenvalue weighted by atomic mass is 10.1. The van der Waals surface area contributed by atoms with Gasteiger partial charge in [0.15, 0.2) is 0 Å². The monoisotopic (exact) mass is 308 g/mol. The molecule has 122 valence electrons. The molecule has 0 atom stereocenters. The number of rotatable bonds is 10. The molecule has 0 aromatic heterocycles. The van der Waals surface area contributed by atoms with Crippen molar-refractivity contribution in [2.24, 2.45) is 0 Å². The van der Waals surface area contributed by atoms with Crippen molar-refractivity contribution in [3.05, 3.63) is 65.7 Å². The molecule has 0 unspecified atom stereocenters. The van der Waals surface area contributed by atoms with Gasteiger partial charge in [0.1, 0.15) is 5.75 Å². The highest BCUT2D eigenvalue weighted by Crippen LogP contribution is 2.15. The Hall–Kier alpha value is -2.02. The second kappa shape index (κ2) is 10.7. The Balaban J connectivity index is 1.69. The summed E-state index contributed by atoms with van der Waals surface area (Å²) >= 11 is 0. The van der Waals surface area contributed by atoms with Gasteiger partial charge in [-0.2, -0.15) is 0 Å². The van der Waals surface area contributed by atoms with E-state index in [-0.39, 0.29) is 0 Å². The summed E-state index contributed by atoms with van der Waals surface area (Å²) in [7, 11) is 0. The Labute approximate surface area is 141 Å². The van der Waals surface area contributed by atoms with E-state index >= 15 is 0 Å². The fraction of sp³-hybridized carbons (Fsp3) is 0.364. The lowest BCUT2D eigenvalue weighted by Gasteiger charge is -2.06. The lowest BCUT2D eigenvalue weighted by molar-refractivity contribution is 0.304. The molecule has 23 heavy (non-hydrogen) atoms. The fourth-order valence-electron chi connectivity index (χ4n) is 2.50. The number of unbranched alkanes of at least 4 members (excludes halogenated alkanes) is 5. The maximum atomic E-state index is 5.81. The van der Waals surface area contributed by atoms with Gasteiger partial charge in [0, 0.05) is 0 Å². The molecule has 0 amide bonds. The van der Waals surface area contributed by atoms with Crippen LogP contribution >= 0.6 is 0 Å². The third-order valence-corrected chi connectivity index (χ3v) is 3.91. The predicted molar refractivity (Wildman–Crippen MR) is 101 cm³/mol. The van der Waals surface area contributed by atoms with Gasteiger partial charge in [0.2, 0.25) is 0 Å². The average molecular weight is 308 g/mol. The van der Waals surface area contributed by atoms with E-state index in [4.69, 9.17) is 4.74 Å². The van der Waals surface area contributed by atoms with Crippen molar-refractivity contribution in [1.29, 1.82) is 0 Å². The molecule has 0 aliphatic carbocycles.